The van der Waals surface area contributed by atoms with E-state index in [9.17, 15) is 0 Å². The lowest BCUT2D eigenvalue weighted by Crippen LogP contribution is -2.40. The molecule has 0 N–H and O–H groups in total. The molecule has 72 valence electrons. The Morgan fingerprint density at radius 3 is 2.50 bits per heavy atom. The van der Waals surface area contributed by atoms with Gasteiger partial charge in [-0.3, -0.25) is 0 Å². The van der Waals surface area contributed by atoms with Crippen LogP contribution in [-0.2, 0) is 4.74 Å². The van der Waals surface area contributed by atoms with Crippen LogP contribution in [0.5, 0.6) is 0 Å². The van der Waals surface area contributed by atoms with Crippen molar-refractivity contribution in [2.24, 2.45) is 0 Å². The maximum absolute atomic E-state index is 5.91. The second-order valence-electron chi connectivity index (χ2n) is 4.76. The van der Waals surface area contributed by atoms with E-state index < -0.39 is 0 Å². The first kappa shape index (κ1) is 10.0. The number of rotatable bonds is 1. The average Bonchev–Trinajstić information content (AvgIpc) is 1.82. The molecule has 12 heavy (non-hydrogen) atoms. The standard InChI is InChI=1S/C10H21NO/c1-10(2,3)12-9-6-5-7-11(4)8-9/h9H,5-8H2,1-4H3. The van der Waals surface area contributed by atoms with Gasteiger partial charge in [0.05, 0.1) is 11.7 Å². The van der Waals surface area contributed by atoms with Gasteiger partial charge in [-0.1, -0.05) is 0 Å². The molecule has 0 amide bonds. The first-order chi connectivity index (χ1) is 5.47. The first-order valence-electron chi connectivity index (χ1n) is 4.84. The van der Waals surface area contributed by atoms with Gasteiger partial charge in [-0.2, -0.15) is 0 Å². The summed E-state index contributed by atoms with van der Waals surface area (Å²) in [4.78, 5) is 2.35. The fourth-order valence-electron chi connectivity index (χ4n) is 1.72. The highest BCUT2D eigenvalue weighted by Crippen LogP contribution is 2.18. The minimum atomic E-state index is 0.0167. The molecule has 1 atom stereocenters. The molecule has 0 radical (unpaired) electrons. The monoisotopic (exact) mass is 171 g/mol. The van der Waals surface area contributed by atoms with E-state index in [1.165, 1.54) is 19.4 Å². The van der Waals surface area contributed by atoms with Crippen molar-refractivity contribution in [3.63, 3.8) is 0 Å². The third-order valence-electron chi connectivity index (χ3n) is 2.10. The second kappa shape index (κ2) is 3.75. The molecule has 0 spiro atoms. The molecule has 1 aliphatic heterocycles. The minimum Gasteiger partial charge on any atom is -0.371 e. The minimum absolute atomic E-state index is 0.0167. The van der Waals surface area contributed by atoms with Crippen molar-refractivity contribution < 1.29 is 4.74 Å². The molecule has 0 aliphatic carbocycles. The molecule has 0 aromatic heterocycles. The molecule has 0 saturated carbocycles. The maximum Gasteiger partial charge on any atom is 0.0709 e. The number of nitrogens with zero attached hydrogens (tertiary/aromatic N) is 1. The van der Waals surface area contributed by atoms with Crippen molar-refractivity contribution in [1.29, 1.82) is 0 Å². The van der Waals surface area contributed by atoms with Gasteiger partial charge in [0.15, 0.2) is 0 Å². The Morgan fingerprint density at radius 2 is 2.00 bits per heavy atom. The molecule has 2 nitrogen and oxygen atoms in total. The second-order valence-corrected chi connectivity index (χ2v) is 4.76. The summed E-state index contributed by atoms with van der Waals surface area (Å²) in [6.07, 6.45) is 2.95. The molecule has 0 bridgehead atoms. The lowest BCUT2D eigenvalue weighted by atomic mass is 10.1. The third-order valence-corrected chi connectivity index (χ3v) is 2.10. The van der Waals surface area contributed by atoms with E-state index in [0.717, 1.165) is 6.54 Å². The number of likely N-dealkylation sites (tertiary alicyclic amines) is 1. The van der Waals surface area contributed by atoms with Crippen molar-refractivity contribution in [3.05, 3.63) is 0 Å². The summed E-state index contributed by atoms with van der Waals surface area (Å²) in [5, 5.41) is 0. The zero-order valence-corrected chi connectivity index (χ0v) is 8.76. The molecule has 2 heteroatoms. The molecule has 0 aromatic carbocycles. The van der Waals surface area contributed by atoms with Crippen LogP contribution in [0.15, 0.2) is 0 Å². The molecular weight excluding hydrogens is 150 g/mol. The Labute approximate surface area is 75.9 Å². The van der Waals surface area contributed by atoms with E-state index in [1.54, 1.807) is 0 Å². The highest BCUT2D eigenvalue weighted by Gasteiger charge is 2.22. The fourth-order valence-corrected chi connectivity index (χ4v) is 1.72. The van der Waals surface area contributed by atoms with E-state index in [4.69, 9.17) is 4.74 Å². The van der Waals surface area contributed by atoms with Crippen molar-refractivity contribution in [1.82, 2.24) is 4.90 Å². The topological polar surface area (TPSA) is 12.5 Å². The van der Waals surface area contributed by atoms with Gasteiger partial charge in [0.1, 0.15) is 0 Å². The van der Waals surface area contributed by atoms with Crippen LogP contribution in [0.1, 0.15) is 33.6 Å². The normalized spacial score (nSPS) is 27.5. The molecule has 1 fully saturated rings. The quantitative estimate of drug-likeness (QED) is 0.597. The Hall–Kier alpha value is -0.0800. The summed E-state index contributed by atoms with van der Waals surface area (Å²) in [5.41, 5.74) is 0.0167. The highest BCUT2D eigenvalue weighted by molar-refractivity contribution is 4.73. The summed E-state index contributed by atoms with van der Waals surface area (Å²) in [7, 11) is 2.16. The van der Waals surface area contributed by atoms with Crippen LogP contribution in [0, 0.1) is 0 Å². The van der Waals surface area contributed by atoms with Crippen molar-refractivity contribution >= 4 is 0 Å². The van der Waals surface area contributed by atoms with Gasteiger partial charge in [-0.05, 0) is 47.2 Å². The largest absolute Gasteiger partial charge is 0.371 e. The van der Waals surface area contributed by atoms with Gasteiger partial charge >= 0.3 is 0 Å². The highest BCUT2D eigenvalue weighted by atomic mass is 16.5. The van der Waals surface area contributed by atoms with Crippen LogP contribution in [0.3, 0.4) is 0 Å². The molecule has 1 rings (SSSR count). The Kier molecular flexibility index (Phi) is 3.13. The molecule has 1 unspecified atom stereocenters. The molecule has 0 aromatic rings. The Balaban J connectivity index is 2.32. The predicted molar refractivity (Wildman–Crippen MR) is 51.4 cm³/mol. The van der Waals surface area contributed by atoms with Crippen molar-refractivity contribution in [2.75, 3.05) is 20.1 Å². The summed E-state index contributed by atoms with van der Waals surface area (Å²) in [6.45, 7) is 8.70. The van der Waals surface area contributed by atoms with E-state index in [1.807, 2.05) is 0 Å². The Bertz CT molecular complexity index is 139. The average molecular weight is 171 g/mol. The van der Waals surface area contributed by atoms with Crippen LogP contribution in [0.4, 0.5) is 0 Å². The van der Waals surface area contributed by atoms with Crippen molar-refractivity contribution in [3.8, 4) is 0 Å². The predicted octanol–water partition coefficient (Wildman–Crippen LogP) is 1.90. The zero-order valence-electron chi connectivity index (χ0n) is 8.76. The van der Waals surface area contributed by atoms with Gasteiger partial charge in [0.25, 0.3) is 0 Å². The van der Waals surface area contributed by atoms with Crippen molar-refractivity contribution in [2.45, 2.75) is 45.3 Å². The zero-order chi connectivity index (χ0) is 9.19. The third kappa shape index (κ3) is 3.55. The fraction of sp³-hybridized carbons (Fsp3) is 1.00. The van der Waals surface area contributed by atoms with Crippen LogP contribution in [-0.4, -0.2) is 36.7 Å². The number of hydrogen-bond donors (Lipinski definition) is 0. The summed E-state index contributed by atoms with van der Waals surface area (Å²) < 4.78 is 5.91. The molecular formula is C10H21NO. The van der Waals surface area contributed by atoms with Crippen LogP contribution >= 0.6 is 0 Å². The van der Waals surface area contributed by atoms with Gasteiger partial charge < -0.3 is 9.64 Å². The molecule has 1 heterocycles. The molecule has 1 saturated heterocycles. The van der Waals surface area contributed by atoms with Gasteiger partial charge in [0, 0.05) is 6.54 Å². The van der Waals surface area contributed by atoms with E-state index in [2.05, 4.69) is 32.7 Å². The molecule has 1 aliphatic rings. The maximum atomic E-state index is 5.91. The van der Waals surface area contributed by atoms with Crippen LogP contribution in [0.25, 0.3) is 0 Å². The number of ether oxygens (including phenoxy) is 1. The van der Waals surface area contributed by atoms with Crippen LogP contribution < -0.4 is 0 Å². The first-order valence-corrected chi connectivity index (χ1v) is 4.84. The lowest BCUT2D eigenvalue weighted by Gasteiger charge is -2.34. The van der Waals surface area contributed by atoms with E-state index in [-0.39, 0.29) is 5.60 Å². The number of likely N-dealkylation sites (N-methyl/N-ethyl adjacent to an activating group) is 1. The van der Waals surface area contributed by atoms with Gasteiger partial charge in [-0.25, -0.2) is 0 Å². The summed E-state index contributed by atoms with van der Waals surface area (Å²) >= 11 is 0. The summed E-state index contributed by atoms with van der Waals surface area (Å²) in [5.74, 6) is 0. The SMILES string of the molecule is CN1CCCC(OC(C)(C)C)C1. The lowest BCUT2D eigenvalue weighted by molar-refractivity contribution is -0.0830. The van der Waals surface area contributed by atoms with Gasteiger partial charge in [-0.15, -0.1) is 0 Å². The van der Waals surface area contributed by atoms with Gasteiger partial charge in [0.2, 0.25) is 0 Å². The Morgan fingerprint density at radius 1 is 1.33 bits per heavy atom. The number of hydrogen-bond acceptors (Lipinski definition) is 2. The summed E-state index contributed by atoms with van der Waals surface area (Å²) in [6, 6.07) is 0. The van der Waals surface area contributed by atoms with Crippen LogP contribution in [0.2, 0.25) is 0 Å². The van der Waals surface area contributed by atoms with E-state index >= 15 is 0 Å². The number of piperidine rings is 1. The van der Waals surface area contributed by atoms with E-state index in [0.29, 0.717) is 6.10 Å². The smallest absolute Gasteiger partial charge is 0.0709 e.